The number of pyridine rings is 1. The molecule has 158 valence electrons. The number of benzene rings is 1. The summed E-state index contributed by atoms with van der Waals surface area (Å²) in [6.07, 6.45) is 0. The monoisotopic (exact) mass is 456 g/mol. The van der Waals surface area contributed by atoms with E-state index in [0.717, 1.165) is 5.39 Å². The van der Waals surface area contributed by atoms with E-state index in [-0.39, 0.29) is 24.9 Å². The van der Waals surface area contributed by atoms with Gasteiger partial charge in [0.15, 0.2) is 12.4 Å². The summed E-state index contributed by atoms with van der Waals surface area (Å²) < 4.78 is 10.4. The van der Waals surface area contributed by atoms with Gasteiger partial charge in [0.25, 0.3) is 0 Å². The maximum atomic E-state index is 12.5. The number of thiophene rings is 1. The van der Waals surface area contributed by atoms with Gasteiger partial charge in [0, 0.05) is 5.39 Å². The highest BCUT2D eigenvalue weighted by molar-refractivity contribution is 7.20. The normalized spacial score (nSPS) is 11.1. The smallest absolute Gasteiger partial charge is 0.348 e. The largest absolute Gasteiger partial charge is 0.462 e. The SMILES string of the molecule is CCOC(=O)c1sc2nc(COC(=O)c3ccc4nc(Cl)ccc4c3)nc(N)c2c1C. The predicted molar refractivity (Wildman–Crippen MR) is 118 cm³/mol. The average molecular weight is 457 g/mol. The van der Waals surface area contributed by atoms with E-state index >= 15 is 0 Å². The number of carbonyl (C=O) groups excluding carboxylic acids is 2. The number of aryl methyl sites for hydroxylation is 1. The van der Waals surface area contributed by atoms with Gasteiger partial charge in [-0.25, -0.2) is 24.5 Å². The van der Waals surface area contributed by atoms with Crippen molar-refractivity contribution < 1.29 is 19.1 Å². The van der Waals surface area contributed by atoms with Crippen LogP contribution < -0.4 is 5.73 Å². The molecule has 0 amide bonds. The quantitative estimate of drug-likeness (QED) is 0.348. The Labute approximate surface area is 186 Å². The zero-order chi connectivity index (χ0) is 22.1. The lowest BCUT2D eigenvalue weighted by Crippen LogP contribution is -2.08. The summed E-state index contributed by atoms with van der Waals surface area (Å²) in [4.78, 5) is 38.4. The first kappa shape index (κ1) is 21.0. The van der Waals surface area contributed by atoms with E-state index in [2.05, 4.69) is 15.0 Å². The number of nitrogens with zero attached hydrogens (tertiary/aromatic N) is 3. The van der Waals surface area contributed by atoms with Gasteiger partial charge in [-0.2, -0.15) is 0 Å². The molecule has 0 aliphatic rings. The number of nitrogen functional groups attached to an aromatic ring is 1. The number of halogens is 1. The van der Waals surface area contributed by atoms with Crippen LogP contribution in [0.5, 0.6) is 0 Å². The van der Waals surface area contributed by atoms with Crippen molar-refractivity contribution in [2.75, 3.05) is 12.3 Å². The lowest BCUT2D eigenvalue weighted by molar-refractivity contribution is 0.0462. The highest BCUT2D eigenvalue weighted by atomic mass is 35.5. The van der Waals surface area contributed by atoms with Gasteiger partial charge in [0.1, 0.15) is 20.7 Å². The fourth-order valence-corrected chi connectivity index (χ4v) is 4.37. The van der Waals surface area contributed by atoms with Crippen LogP contribution in [-0.2, 0) is 16.1 Å². The zero-order valence-corrected chi connectivity index (χ0v) is 18.2. The van der Waals surface area contributed by atoms with Gasteiger partial charge in [-0.05, 0) is 49.7 Å². The topological polar surface area (TPSA) is 117 Å². The lowest BCUT2D eigenvalue weighted by atomic mass is 10.1. The Hall–Kier alpha value is -3.30. The number of ether oxygens (including phenoxy) is 2. The fourth-order valence-electron chi connectivity index (χ4n) is 3.11. The number of nitrogens with two attached hydrogens (primary N) is 1. The summed E-state index contributed by atoms with van der Waals surface area (Å²) in [6, 6.07) is 8.41. The molecule has 0 aliphatic carbocycles. The fraction of sp³-hybridized carbons (Fsp3) is 0.190. The molecule has 3 heterocycles. The number of esters is 2. The van der Waals surface area contributed by atoms with Crippen LogP contribution >= 0.6 is 22.9 Å². The Morgan fingerprint density at radius 2 is 1.90 bits per heavy atom. The molecule has 0 fully saturated rings. The number of fused-ring (bicyclic) bond motifs is 2. The van der Waals surface area contributed by atoms with E-state index in [1.54, 1.807) is 44.2 Å². The Balaban J connectivity index is 1.55. The molecule has 0 saturated carbocycles. The van der Waals surface area contributed by atoms with Crippen LogP contribution in [0.1, 0.15) is 38.3 Å². The van der Waals surface area contributed by atoms with Crippen molar-refractivity contribution >= 4 is 61.8 Å². The van der Waals surface area contributed by atoms with Gasteiger partial charge >= 0.3 is 11.9 Å². The van der Waals surface area contributed by atoms with Crippen LogP contribution in [0.25, 0.3) is 21.1 Å². The van der Waals surface area contributed by atoms with Crippen molar-refractivity contribution in [1.82, 2.24) is 15.0 Å². The zero-order valence-electron chi connectivity index (χ0n) is 16.6. The average Bonchev–Trinajstić information content (AvgIpc) is 3.08. The number of hydrogen-bond acceptors (Lipinski definition) is 9. The number of anilines is 1. The molecule has 1 aromatic carbocycles. The molecule has 0 bridgehead atoms. The number of rotatable bonds is 5. The molecule has 10 heteroatoms. The van der Waals surface area contributed by atoms with Crippen molar-refractivity contribution in [2.24, 2.45) is 0 Å². The summed E-state index contributed by atoms with van der Waals surface area (Å²) >= 11 is 7.05. The summed E-state index contributed by atoms with van der Waals surface area (Å²) in [5, 5.41) is 1.74. The lowest BCUT2D eigenvalue weighted by Gasteiger charge is -2.06. The van der Waals surface area contributed by atoms with Crippen molar-refractivity contribution in [1.29, 1.82) is 0 Å². The van der Waals surface area contributed by atoms with E-state index in [9.17, 15) is 9.59 Å². The summed E-state index contributed by atoms with van der Waals surface area (Å²) in [5.41, 5.74) is 7.79. The second-order valence-corrected chi connectivity index (χ2v) is 7.99. The van der Waals surface area contributed by atoms with Crippen LogP contribution in [0.3, 0.4) is 0 Å². The first-order valence-corrected chi connectivity index (χ1v) is 10.5. The minimum atomic E-state index is -0.534. The highest BCUT2D eigenvalue weighted by Gasteiger charge is 2.21. The molecule has 3 aromatic heterocycles. The maximum absolute atomic E-state index is 12.5. The maximum Gasteiger partial charge on any atom is 0.348 e. The number of aromatic nitrogens is 3. The molecule has 0 atom stereocenters. The molecule has 0 aliphatic heterocycles. The highest BCUT2D eigenvalue weighted by Crippen LogP contribution is 2.33. The van der Waals surface area contributed by atoms with Crippen LogP contribution in [0.4, 0.5) is 5.82 Å². The Bertz CT molecular complexity index is 1340. The molecule has 0 unspecified atom stereocenters. The van der Waals surface area contributed by atoms with Gasteiger partial charge in [-0.3, -0.25) is 0 Å². The van der Waals surface area contributed by atoms with Crippen LogP contribution in [-0.4, -0.2) is 33.5 Å². The first-order valence-electron chi connectivity index (χ1n) is 9.33. The molecule has 0 saturated heterocycles. The van der Waals surface area contributed by atoms with Crippen LogP contribution in [0.2, 0.25) is 5.15 Å². The Morgan fingerprint density at radius 3 is 2.68 bits per heavy atom. The standard InChI is InChI=1S/C21H17ClN4O4S/c1-3-29-21(28)17-10(2)16-18(23)25-15(26-19(16)31-17)9-30-20(27)12-4-6-13-11(8-12)5-7-14(22)24-13/h4-8H,3,9H2,1-2H3,(H2,23,25,26). The Morgan fingerprint density at radius 1 is 1.10 bits per heavy atom. The Kier molecular flexibility index (Phi) is 5.71. The van der Waals surface area contributed by atoms with Crippen molar-refractivity contribution in [2.45, 2.75) is 20.5 Å². The third kappa shape index (κ3) is 4.14. The summed E-state index contributed by atoms with van der Waals surface area (Å²) in [7, 11) is 0. The summed E-state index contributed by atoms with van der Waals surface area (Å²) in [5.74, 6) is -0.505. The molecule has 8 nitrogen and oxygen atoms in total. The third-order valence-electron chi connectivity index (χ3n) is 4.55. The molecular weight excluding hydrogens is 440 g/mol. The molecule has 0 radical (unpaired) electrons. The van der Waals surface area contributed by atoms with E-state index < -0.39 is 11.9 Å². The van der Waals surface area contributed by atoms with Gasteiger partial charge in [0.2, 0.25) is 0 Å². The summed E-state index contributed by atoms with van der Waals surface area (Å²) in [6.45, 7) is 3.61. The minimum absolute atomic E-state index is 0.165. The van der Waals surface area contributed by atoms with Crippen LogP contribution in [0, 0.1) is 6.92 Å². The van der Waals surface area contributed by atoms with E-state index in [1.807, 2.05) is 0 Å². The molecule has 4 aromatic rings. The second-order valence-electron chi connectivity index (χ2n) is 6.60. The van der Waals surface area contributed by atoms with Gasteiger partial charge in [0.05, 0.1) is 23.1 Å². The van der Waals surface area contributed by atoms with Crippen LogP contribution in [0.15, 0.2) is 30.3 Å². The van der Waals surface area contributed by atoms with E-state index in [4.69, 9.17) is 26.8 Å². The number of hydrogen-bond donors (Lipinski definition) is 1. The second kappa shape index (κ2) is 8.44. The minimum Gasteiger partial charge on any atom is -0.462 e. The first-order chi connectivity index (χ1) is 14.9. The van der Waals surface area contributed by atoms with Gasteiger partial charge < -0.3 is 15.2 Å². The molecule has 0 spiro atoms. The molecule has 2 N–H and O–H groups in total. The van der Waals surface area contributed by atoms with E-state index in [1.165, 1.54) is 11.3 Å². The molecule has 4 rings (SSSR count). The van der Waals surface area contributed by atoms with Gasteiger partial charge in [-0.15, -0.1) is 11.3 Å². The van der Waals surface area contributed by atoms with Gasteiger partial charge in [-0.1, -0.05) is 11.6 Å². The van der Waals surface area contributed by atoms with Crippen molar-refractivity contribution in [3.63, 3.8) is 0 Å². The predicted octanol–water partition coefficient (Wildman–Crippen LogP) is 4.32. The molecular formula is C21H17ClN4O4S. The molecule has 31 heavy (non-hydrogen) atoms. The van der Waals surface area contributed by atoms with E-state index in [0.29, 0.717) is 36.9 Å². The van der Waals surface area contributed by atoms with Crippen molar-refractivity contribution in [3.05, 3.63) is 57.3 Å². The van der Waals surface area contributed by atoms with Crippen molar-refractivity contribution in [3.8, 4) is 0 Å². The third-order valence-corrected chi connectivity index (χ3v) is 5.92. The number of carbonyl (C=O) groups is 2.